The molecule has 0 saturated carbocycles. The number of amides is 3. The Labute approximate surface area is 606 Å². The summed E-state index contributed by atoms with van der Waals surface area (Å²) >= 11 is 36.5. The fraction of sp³-hybridized carbons (Fsp3) is 0.205. The SMILES string of the molecule is CC(=O)C(Cc1ccc(-c2c(C)n(C)c(=O)n(C)c2=O)cc1)NC(=O)c1c(Cl)cccc1Cl.CC(=O)C(Cc1ccc(-c2c(C)n(C)c(=O)n(C)c2=O)cc1)NC(=O)c1c(Cl)cccc1Cl.Cn1c(=O)n(-c2ccc(C[C@H](NC(=O)c3c(Cl)cccc3Cl)C(=O)O)cc2)c(=O)c2ccccc21. The molecule has 3 atom stereocenters. The molecule has 3 amide bonds. The standard InChI is InChI=1S/C25H19Cl2N3O5.2C24H23Cl2N3O4/c1-29-20-8-3-2-5-16(20)23(32)30(25(29)35)15-11-9-14(10-12-15)13-19(24(33)34)28-22(31)21-17(26)6-4-7-18(21)27;2*1-13-20(23(32)29(4)24(33)28(13)3)16-10-8-15(9-11-16)12-19(14(2)30)27-22(31)21-17(25)6-5-7-18(21)26/h2-12,19H,13H2,1H3,(H,28,31)(H,33,34);2*5-11,19H,12H2,1-4H3,(H,27,31)/t19-;;/m0../s1. The highest BCUT2D eigenvalue weighted by molar-refractivity contribution is 6.41. The lowest BCUT2D eigenvalue weighted by atomic mass is 9.98. The van der Waals surface area contributed by atoms with Gasteiger partial charge in [0.2, 0.25) is 0 Å². The number of nitrogens with zero attached hydrogens (tertiary/aromatic N) is 6. The van der Waals surface area contributed by atoms with E-state index in [0.29, 0.717) is 55.8 Å². The molecule has 0 aliphatic carbocycles. The topological polar surface area (TPSA) is 291 Å². The van der Waals surface area contributed by atoms with E-state index in [2.05, 4.69) is 16.0 Å². The minimum absolute atomic E-state index is 0.0102. The van der Waals surface area contributed by atoms with Gasteiger partial charge in [0.25, 0.3) is 34.4 Å². The van der Waals surface area contributed by atoms with Gasteiger partial charge in [0.15, 0.2) is 11.6 Å². The van der Waals surface area contributed by atoms with Crippen LogP contribution in [0.3, 0.4) is 0 Å². The van der Waals surface area contributed by atoms with Crippen LogP contribution < -0.4 is 49.7 Å². The predicted octanol–water partition coefficient (Wildman–Crippen LogP) is 10.0. The van der Waals surface area contributed by atoms with Crippen molar-refractivity contribution in [2.24, 2.45) is 35.2 Å². The molecular formula is C73H65Cl6N9O13. The number of aromatic nitrogens is 6. The van der Waals surface area contributed by atoms with E-state index < -0.39 is 64.4 Å². The molecule has 28 heteroatoms. The second-order valence-corrected chi connectivity index (χ2v) is 25.9. The van der Waals surface area contributed by atoms with Gasteiger partial charge in [-0.05, 0) is 129 Å². The Balaban J connectivity index is 0.000000193. The van der Waals surface area contributed by atoms with E-state index in [-0.39, 0.29) is 88.8 Å². The third-order valence-electron chi connectivity index (χ3n) is 16.9. The van der Waals surface area contributed by atoms with Crippen LogP contribution in [-0.2, 0) is 68.9 Å². The molecule has 3 aromatic heterocycles. The van der Waals surface area contributed by atoms with Crippen LogP contribution in [0, 0.1) is 13.8 Å². The zero-order chi connectivity index (χ0) is 74.2. The number of fused-ring (bicyclic) bond motifs is 1. The number of carboxylic acid groups (broad SMARTS) is 1. The Morgan fingerprint density at radius 3 is 1.04 bits per heavy atom. The first-order chi connectivity index (χ1) is 47.7. The minimum Gasteiger partial charge on any atom is -0.480 e. The molecule has 0 spiro atoms. The van der Waals surface area contributed by atoms with Gasteiger partial charge < -0.3 is 30.2 Å². The van der Waals surface area contributed by atoms with Gasteiger partial charge in [0, 0.05) is 53.0 Å². The monoisotopic (exact) mass is 1490 g/mol. The first-order valence-electron chi connectivity index (χ1n) is 30.7. The summed E-state index contributed by atoms with van der Waals surface area (Å²) in [6.45, 7) is 6.22. The highest BCUT2D eigenvalue weighted by atomic mass is 35.5. The van der Waals surface area contributed by atoms with E-state index in [1.54, 1.807) is 175 Å². The highest BCUT2D eigenvalue weighted by Gasteiger charge is 2.27. The maximum atomic E-state index is 13.0. The molecule has 2 unspecified atom stereocenters. The van der Waals surface area contributed by atoms with Crippen molar-refractivity contribution in [3.05, 3.63) is 289 Å². The van der Waals surface area contributed by atoms with Crippen molar-refractivity contribution in [1.82, 2.24) is 43.4 Å². The summed E-state index contributed by atoms with van der Waals surface area (Å²) in [5.74, 6) is -3.48. The Bertz CT molecular complexity index is 5060. The number of aliphatic carboxylic acids is 1. The Morgan fingerprint density at radius 1 is 0.386 bits per heavy atom. The van der Waals surface area contributed by atoms with Gasteiger partial charge in [0.05, 0.1) is 86.6 Å². The number of benzene rings is 7. The van der Waals surface area contributed by atoms with Crippen molar-refractivity contribution in [1.29, 1.82) is 0 Å². The number of halogens is 6. The second-order valence-electron chi connectivity index (χ2n) is 23.4. The van der Waals surface area contributed by atoms with Gasteiger partial charge in [-0.2, -0.15) is 0 Å². The van der Waals surface area contributed by atoms with Crippen LogP contribution >= 0.6 is 69.6 Å². The van der Waals surface area contributed by atoms with Crippen LogP contribution in [0.4, 0.5) is 0 Å². The number of carbonyl (C=O) groups excluding carboxylic acids is 5. The molecule has 10 rings (SSSR count). The van der Waals surface area contributed by atoms with Gasteiger partial charge in [-0.25, -0.2) is 23.7 Å². The smallest absolute Gasteiger partial charge is 0.335 e. The lowest BCUT2D eigenvalue weighted by Gasteiger charge is -2.18. The largest absolute Gasteiger partial charge is 0.480 e. The van der Waals surface area contributed by atoms with Crippen LogP contribution in [0.25, 0.3) is 38.8 Å². The molecule has 4 N–H and O–H groups in total. The van der Waals surface area contributed by atoms with E-state index in [1.165, 1.54) is 53.8 Å². The number of para-hydroxylation sites is 1. The summed E-state index contributed by atoms with van der Waals surface area (Å²) in [5, 5.41) is 18.9. The molecule has 10 aromatic rings. The number of rotatable bonds is 18. The van der Waals surface area contributed by atoms with Crippen LogP contribution in [0.5, 0.6) is 0 Å². The summed E-state index contributed by atoms with van der Waals surface area (Å²) < 4.78 is 7.43. The highest BCUT2D eigenvalue weighted by Crippen LogP contribution is 2.28. The second kappa shape index (κ2) is 32.9. The third-order valence-corrected chi connectivity index (χ3v) is 18.7. The van der Waals surface area contributed by atoms with Crippen molar-refractivity contribution < 1.29 is 33.9 Å². The van der Waals surface area contributed by atoms with Crippen LogP contribution in [0.1, 0.15) is 73.0 Å². The maximum Gasteiger partial charge on any atom is 0.335 e. The molecule has 101 heavy (non-hydrogen) atoms. The molecule has 7 aromatic carbocycles. The normalized spacial score (nSPS) is 11.8. The van der Waals surface area contributed by atoms with Gasteiger partial charge in [-0.1, -0.05) is 161 Å². The molecule has 22 nitrogen and oxygen atoms in total. The Hall–Kier alpha value is -10.2. The van der Waals surface area contributed by atoms with Crippen molar-refractivity contribution in [2.75, 3.05) is 0 Å². The fourth-order valence-electron chi connectivity index (χ4n) is 10.9. The van der Waals surface area contributed by atoms with Crippen LogP contribution in [0.2, 0.25) is 30.1 Å². The lowest BCUT2D eigenvalue weighted by Crippen LogP contribution is -2.42. The van der Waals surface area contributed by atoms with E-state index in [4.69, 9.17) is 69.6 Å². The number of nitrogens with one attached hydrogen (secondary N) is 3. The molecule has 0 radical (unpaired) electrons. The quantitative estimate of drug-likeness (QED) is 0.0622. The van der Waals surface area contributed by atoms with Gasteiger partial charge in [-0.15, -0.1) is 0 Å². The van der Waals surface area contributed by atoms with Crippen LogP contribution in [0.15, 0.2) is 180 Å². The van der Waals surface area contributed by atoms with Crippen molar-refractivity contribution >= 4 is 116 Å². The van der Waals surface area contributed by atoms with E-state index in [0.717, 1.165) is 24.8 Å². The predicted molar refractivity (Wildman–Crippen MR) is 392 cm³/mol. The molecule has 0 aliphatic rings. The van der Waals surface area contributed by atoms with Gasteiger partial charge in [-0.3, -0.25) is 52.1 Å². The summed E-state index contributed by atoms with van der Waals surface area (Å²) in [5.41, 5.74) is 3.97. The number of Topliss-reactive ketones (excluding diaryl/α,β-unsaturated/α-hetero) is 2. The lowest BCUT2D eigenvalue weighted by molar-refractivity contribution is -0.139. The minimum atomic E-state index is -1.27. The van der Waals surface area contributed by atoms with Crippen molar-refractivity contribution in [2.45, 2.75) is 65.1 Å². The summed E-state index contributed by atoms with van der Waals surface area (Å²) in [4.78, 5) is 150. The first-order valence-corrected chi connectivity index (χ1v) is 33.0. The average Bonchev–Trinajstić information content (AvgIpc) is 0.679. The van der Waals surface area contributed by atoms with E-state index in [9.17, 15) is 62.6 Å². The molecule has 0 bridgehead atoms. The Kier molecular flexibility index (Phi) is 24.9. The molecule has 0 aliphatic heterocycles. The summed E-state index contributed by atoms with van der Waals surface area (Å²) in [7, 11) is 7.68. The molecule has 522 valence electrons. The number of hydrogen-bond donors (Lipinski definition) is 4. The van der Waals surface area contributed by atoms with Gasteiger partial charge in [0.1, 0.15) is 6.04 Å². The summed E-state index contributed by atoms with van der Waals surface area (Å²) in [6, 6.07) is 38.4. The molecular weight excluding hydrogens is 1420 g/mol. The number of hydrogen-bond acceptors (Lipinski definition) is 12. The zero-order valence-electron chi connectivity index (χ0n) is 55.6. The van der Waals surface area contributed by atoms with Crippen molar-refractivity contribution in [3.8, 4) is 27.9 Å². The maximum absolute atomic E-state index is 13.0. The van der Waals surface area contributed by atoms with E-state index >= 15 is 0 Å². The summed E-state index contributed by atoms with van der Waals surface area (Å²) in [6.07, 6.45) is 0.440. The average molecular weight is 1490 g/mol. The number of aryl methyl sites for hydroxylation is 1. The van der Waals surface area contributed by atoms with Crippen molar-refractivity contribution in [3.63, 3.8) is 0 Å². The zero-order valence-corrected chi connectivity index (χ0v) is 60.1. The van der Waals surface area contributed by atoms with E-state index in [1.807, 2.05) is 0 Å². The first kappa shape index (κ1) is 76.6. The number of ketones is 2. The number of carboxylic acids is 1. The number of carbonyl (C=O) groups is 6. The van der Waals surface area contributed by atoms with Gasteiger partial charge >= 0.3 is 23.0 Å². The fourth-order valence-corrected chi connectivity index (χ4v) is 12.6. The third kappa shape index (κ3) is 17.2. The Morgan fingerprint density at radius 2 is 0.703 bits per heavy atom. The molecule has 0 saturated heterocycles. The molecule has 0 fully saturated rings. The molecule has 3 heterocycles. The van der Waals surface area contributed by atoms with Crippen LogP contribution in [-0.4, -0.2) is 85.9 Å².